The normalized spacial score (nSPS) is 13.4. The highest BCUT2D eigenvalue weighted by Gasteiger charge is 2.15. The van der Waals surface area contributed by atoms with E-state index < -0.39 is 6.10 Å². The highest BCUT2D eigenvalue weighted by molar-refractivity contribution is 5.42. The van der Waals surface area contributed by atoms with Crippen molar-refractivity contribution in [2.75, 3.05) is 20.8 Å². The van der Waals surface area contributed by atoms with Crippen molar-refractivity contribution in [2.45, 2.75) is 25.5 Å². The average Bonchev–Trinajstić information content (AvgIpc) is 2.61. The fourth-order valence-corrected chi connectivity index (χ4v) is 2.53. The van der Waals surface area contributed by atoms with Crippen LogP contribution in [0.15, 0.2) is 48.5 Å². The van der Waals surface area contributed by atoms with Gasteiger partial charge in [0, 0.05) is 6.04 Å². The fraction of sp³-hybridized carbons (Fsp3) is 0.368. The van der Waals surface area contributed by atoms with E-state index in [2.05, 4.69) is 5.32 Å². The lowest BCUT2D eigenvalue weighted by atomic mass is 10.0. The maximum absolute atomic E-state index is 10.3. The molecule has 0 heterocycles. The zero-order valence-corrected chi connectivity index (χ0v) is 14.0. The molecule has 4 nitrogen and oxygen atoms in total. The summed E-state index contributed by atoms with van der Waals surface area (Å²) in [6.45, 7) is 2.77. The summed E-state index contributed by atoms with van der Waals surface area (Å²) in [6.07, 6.45) is 0.341. The van der Waals surface area contributed by atoms with E-state index in [1.165, 1.54) is 0 Å². The summed E-state index contributed by atoms with van der Waals surface area (Å²) in [4.78, 5) is 0. The number of hydrogen-bond donors (Lipinski definition) is 2. The van der Waals surface area contributed by atoms with E-state index in [1.807, 2.05) is 55.5 Å². The van der Waals surface area contributed by atoms with Crippen LogP contribution in [0.4, 0.5) is 0 Å². The maximum Gasteiger partial charge on any atom is 0.160 e. The van der Waals surface area contributed by atoms with Crippen LogP contribution in [0.1, 0.15) is 24.2 Å². The van der Waals surface area contributed by atoms with Gasteiger partial charge in [-0.3, -0.25) is 0 Å². The van der Waals surface area contributed by atoms with Crippen molar-refractivity contribution < 1.29 is 14.6 Å². The van der Waals surface area contributed by atoms with Crippen molar-refractivity contribution in [2.24, 2.45) is 0 Å². The number of aliphatic hydroxyl groups is 1. The van der Waals surface area contributed by atoms with Crippen LogP contribution in [0.3, 0.4) is 0 Å². The molecule has 2 N–H and O–H groups in total. The maximum atomic E-state index is 10.3. The van der Waals surface area contributed by atoms with Crippen molar-refractivity contribution in [3.63, 3.8) is 0 Å². The summed E-state index contributed by atoms with van der Waals surface area (Å²) in [5.74, 6) is 1.47. The van der Waals surface area contributed by atoms with Gasteiger partial charge in [-0.1, -0.05) is 36.4 Å². The summed E-state index contributed by atoms with van der Waals surface area (Å²) in [7, 11) is 3.27. The van der Waals surface area contributed by atoms with Gasteiger partial charge in [0.2, 0.25) is 0 Å². The molecule has 0 spiro atoms. The second-order valence-corrected chi connectivity index (χ2v) is 5.54. The number of benzene rings is 2. The molecule has 2 rings (SSSR count). The summed E-state index contributed by atoms with van der Waals surface area (Å²) in [6, 6.07) is 15.6. The Labute approximate surface area is 138 Å². The Bertz CT molecular complexity index is 601. The SMILES string of the molecule is COc1ccc(CCN[C@H](C)[C@H](O)c2ccccc2)cc1OC. The zero-order valence-electron chi connectivity index (χ0n) is 14.0. The van der Waals surface area contributed by atoms with Crippen molar-refractivity contribution in [1.82, 2.24) is 5.32 Å². The van der Waals surface area contributed by atoms with Crippen molar-refractivity contribution in [3.8, 4) is 11.5 Å². The number of hydrogen-bond acceptors (Lipinski definition) is 4. The van der Waals surface area contributed by atoms with Crippen LogP contribution in [0.2, 0.25) is 0 Å². The molecule has 0 saturated carbocycles. The Hall–Kier alpha value is -2.04. The molecule has 0 radical (unpaired) electrons. The Balaban J connectivity index is 1.87. The molecule has 2 aromatic rings. The van der Waals surface area contributed by atoms with E-state index in [0.29, 0.717) is 0 Å². The van der Waals surface area contributed by atoms with Gasteiger partial charge in [-0.05, 0) is 43.1 Å². The van der Waals surface area contributed by atoms with E-state index in [4.69, 9.17) is 9.47 Å². The first-order chi connectivity index (χ1) is 11.2. The van der Waals surface area contributed by atoms with Crippen LogP contribution >= 0.6 is 0 Å². The molecular weight excluding hydrogens is 290 g/mol. The standard InChI is InChI=1S/C19H25NO3/c1-14(19(21)16-7-5-4-6-8-16)20-12-11-15-9-10-17(22-2)18(13-15)23-3/h4-10,13-14,19-21H,11-12H2,1-3H3/t14-,19+/m1/s1. The van der Waals surface area contributed by atoms with Crippen LogP contribution in [-0.2, 0) is 6.42 Å². The van der Waals surface area contributed by atoms with Gasteiger partial charge in [-0.25, -0.2) is 0 Å². The molecule has 0 aromatic heterocycles. The predicted molar refractivity (Wildman–Crippen MR) is 92.1 cm³/mol. The average molecular weight is 315 g/mol. The van der Waals surface area contributed by atoms with Gasteiger partial charge in [-0.15, -0.1) is 0 Å². The van der Waals surface area contributed by atoms with E-state index >= 15 is 0 Å². The Morgan fingerprint density at radius 3 is 2.35 bits per heavy atom. The lowest BCUT2D eigenvalue weighted by Gasteiger charge is -2.20. The largest absolute Gasteiger partial charge is 0.493 e. The summed E-state index contributed by atoms with van der Waals surface area (Å²) in [5.41, 5.74) is 2.09. The molecule has 0 amide bonds. The van der Waals surface area contributed by atoms with Crippen molar-refractivity contribution in [3.05, 3.63) is 59.7 Å². The molecule has 0 saturated heterocycles. The van der Waals surface area contributed by atoms with Gasteiger partial charge in [0.1, 0.15) is 0 Å². The summed E-state index contributed by atoms with van der Waals surface area (Å²) in [5, 5.41) is 13.7. The lowest BCUT2D eigenvalue weighted by molar-refractivity contribution is 0.136. The Morgan fingerprint density at radius 2 is 1.70 bits per heavy atom. The van der Waals surface area contributed by atoms with Gasteiger partial charge in [0.25, 0.3) is 0 Å². The van der Waals surface area contributed by atoms with Gasteiger partial charge in [-0.2, -0.15) is 0 Å². The molecule has 0 fully saturated rings. The molecule has 23 heavy (non-hydrogen) atoms. The topological polar surface area (TPSA) is 50.7 Å². The molecule has 0 unspecified atom stereocenters. The first-order valence-electron chi connectivity index (χ1n) is 7.83. The number of ether oxygens (including phenoxy) is 2. The molecular formula is C19H25NO3. The predicted octanol–water partition coefficient (Wildman–Crippen LogP) is 2.96. The number of aliphatic hydroxyl groups excluding tert-OH is 1. The Kier molecular flexibility index (Phi) is 6.44. The molecule has 0 aliphatic rings. The number of methoxy groups -OCH3 is 2. The van der Waals surface area contributed by atoms with E-state index in [-0.39, 0.29) is 6.04 Å². The van der Waals surface area contributed by atoms with Crippen molar-refractivity contribution in [1.29, 1.82) is 0 Å². The lowest BCUT2D eigenvalue weighted by Crippen LogP contribution is -2.33. The minimum atomic E-state index is -0.512. The zero-order chi connectivity index (χ0) is 16.7. The van der Waals surface area contributed by atoms with Gasteiger partial charge >= 0.3 is 0 Å². The second-order valence-electron chi connectivity index (χ2n) is 5.54. The molecule has 2 atom stereocenters. The number of rotatable bonds is 8. The first-order valence-corrected chi connectivity index (χ1v) is 7.83. The minimum Gasteiger partial charge on any atom is -0.493 e. The first kappa shape index (κ1) is 17.3. The summed E-state index contributed by atoms with van der Waals surface area (Å²) >= 11 is 0. The molecule has 124 valence electrons. The fourth-order valence-electron chi connectivity index (χ4n) is 2.53. The van der Waals surface area contributed by atoms with Gasteiger partial charge < -0.3 is 19.9 Å². The van der Waals surface area contributed by atoms with Crippen LogP contribution in [0.25, 0.3) is 0 Å². The second kappa shape index (κ2) is 8.56. The highest BCUT2D eigenvalue weighted by atomic mass is 16.5. The van der Waals surface area contributed by atoms with E-state index in [1.54, 1.807) is 14.2 Å². The minimum absolute atomic E-state index is 0.0162. The molecule has 0 bridgehead atoms. The third-order valence-corrected chi connectivity index (χ3v) is 3.94. The highest BCUT2D eigenvalue weighted by Crippen LogP contribution is 2.27. The molecule has 2 aromatic carbocycles. The smallest absolute Gasteiger partial charge is 0.160 e. The van der Waals surface area contributed by atoms with Crippen LogP contribution in [0.5, 0.6) is 11.5 Å². The van der Waals surface area contributed by atoms with E-state index in [9.17, 15) is 5.11 Å². The van der Waals surface area contributed by atoms with Gasteiger partial charge in [0.05, 0.1) is 20.3 Å². The van der Waals surface area contributed by atoms with Crippen LogP contribution in [0, 0.1) is 0 Å². The van der Waals surface area contributed by atoms with Crippen molar-refractivity contribution >= 4 is 0 Å². The molecule has 4 heteroatoms. The van der Waals surface area contributed by atoms with Gasteiger partial charge in [0.15, 0.2) is 11.5 Å². The van der Waals surface area contributed by atoms with Crippen LogP contribution < -0.4 is 14.8 Å². The quantitative estimate of drug-likeness (QED) is 0.786. The summed E-state index contributed by atoms with van der Waals surface area (Å²) < 4.78 is 10.6. The van der Waals surface area contributed by atoms with Crippen LogP contribution in [-0.4, -0.2) is 31.9 Å². The number of nitrogens with one attached hydrogen (secondary N) is 1. The van der Waals surface area contributed by atoms with E-state index in [0.717, 1.165) is 35.6 Å². The molecule has 0 aliphatic heterocycles. The third kappa shape index (κ3) is 4.71. The Morgan fingerprint density at radius 1 is 1.00 bits per heavy atom. The third-order valence-electron chi connectivity index (χ3n) is 3.94. The monoisotopic (exact) mass is 315 g/mol. The molecule has 0 aliphatic carbocycles.